The Morgan fingerprint density at radius 1 is 1.14 bits per heavy atom. The Balaban J connectivity index is 1.73. The summed E-state index contributed by atoms with van der Waals surface area (Å²) < 4.78 is 6.99. The van der Waals surface area contributed by atoms with Crippen molar-refractivity contribution in [2.45, 2.75) is 6.54 Å². The molecule has 0 amide bonds. The van der Waals surface area contributed by atoms with E-state index in [1.165, 1.54) is 10.1 Å². The molecule has 2 aromatic carbocycles. The van der Waals surface area contributed by atoms with E-state index in [0.29, 0.717) is 6.61 Å². The van der Waals surface area contributed by atoms with Gasteiger partial charge in [-0.15, -0.1) is 11.3 Å². The summed E-state index contributed by atoms with van der Waals surface area (Å²) in [6, 6.07) is 16.7. The van der Waals surface area contributed by atoms with E-state index in [1.807, 2.05) is 18.2 Å². The summed E-state index contributed by atoms with van der Waals surface area (Å²) in [7, 11) is 0. The largest absolute Gasteiger partial charge is 0.489 e. The molecule has 0 atom stereocenters. The second-order valence-electron chi connectivity index (χ2n) is 4.73. The Morgan fingerprint density at radius 3 is 2.95 bits per heavy atom. The summed E-state index contributed by atoms with van der Waals surface area (Å²) in [5.74, 6) is 0.904. The van der Waals surface area contributed by atoms with E-state index in [4.69, 9.17) is 4.74 Å². The molecule has 0 aliphatic rings. The Labute approximate surface area is 128 Å². The highest BCUT2D eigenvalue weighted by molar-refractivity contribution is 7.17. The second-order valence-corrected chi connectivity index (χ2v) is 5.68. The van der Waals surface area contributed by atoms with Gasteiger partial charge in [-0.05, 0) is 41.1 Å². The van der Waals surface area contributed by atoms with Crippen LogP contribution in [0.15, 0.2) is 66.6 Å². The third-order valence-corrected chi connectivity index (χ3v) is 4.16. The van der Waals surface area contributed by atoms with Crippen molar-refractivity contribution in [3.8, 4) is 5.75 Å². The molecule has 0 unspecified atom stereocenters. The zero-order chi connectivity index (χ0) is 14.5. The van der Waals surface area contributed by atoms with Crippen LogP contribution in [0.25, 0.3) is 10.1 Å². The Morgan fingerprint density at radius 2 is 2.05 bits per heavy atom. The minimum Gasteiger partial charge on any atom is -0.489 e. The molecular formula is C18H17NOS. The third-order valence-electron chi connectivity index (χ3n) is 3.26. The minimum atomic E-state index is 0.526. The van der Waals surface area contributed by atoms with Gasteiger partial charge < -0.3 is 10.1 Å². The zero-order valence-electron chi connectivity index (χ0n) is 11.7. The van der Waals surface area contributed by atoms with Gasteiger partial charge in [-0.1, -0.05) is 30.9 Å². The molecule has 0 fully saturated rings. The number of thiophene rings is 1. The topological polar surface area (TPSA) is 21.3 Å². The number of rotatable bonds is 6. The fraction of sp³-hybridized carbons (Fsp3) is 0.111. The number of nitrogens with one attached hydrogen (secondary N) is 1. The molecule has 0 aliphatic carbocycles. The van der Waals surface area contributed by atoms with Gasteiger partial charge in [0.2, 0.25) is 0 Å². The number of hydrogen-bond donors (Lipinski definition) is 1. The summed E-state index contributed by atoms with van der Waals surface area (Å²) in [6.07, 6.45) is 1.76. The standard InChI is InChI=1S/C18H17NOS/c1-2-10-20-17-6-4-3-5-15(17)13-19-16-7-8-18-14(12-16)9-11-21-18/h2-9,11-12,19H,1,10,13H2. The molecule has 1 heterocycles. The molecule has 0 bridgehead atoms. The van der Waals surface area contributed by atoms with Crippen molar-refractivity contribution >= 4 is 27.1 Å². The van der Waals surface area contributed by atoms with Crippen LogP contribution < -0.4 is 10.1 Å². The average Bonchev–Trinajstić information content (AvgIpc) is 2.99. The van der Waals surface area contributed by atoms with Gasteiger partial charge in [0.25, 0.3) is 0 Å². The molecular weight excluding hydrogens is 278 g/mol. The molecule has 3 aromatic rings. The van der Waals surface area contributed by atoms with Crippen LogP contribution in [0.4, 0.5) is 5.69 Å². The van der Waals surface area contributed by atoms with Gasteiger partial charge in [0.15, 0.2) is 0 Å². The van der Waals surface area contributed by atoms with Gasteiger partial charge in [0.05, 0.1) is 0 Å². The van der Waals surface area contributed by atoms with Crippen molar-refractivity contribution in [2.24, 2.45) is 0 Å². The summed E-state index contributed by atoms with van der Waals surface area (Å²) in [6.45, 7) is 4.95. The van der Waals surface area contributed by atoms with Gasteiger partial charge in [-0.3, -0.25) is 0 Å². The van der Waals surface area contributed by atoms with Gasteiger partial charge in [0.1, 0.15) is 12.4 Å². The van der Waals surface area contributed by atoms with E-state index in [2.05, 4.69) is 47.6 Å². The quantitative estimate of drug-likeness (QED) is 0.640. The predicted octanol–water partition coefficient (Wildman–Crippen LogP) is 5.08. The van der Waals surface area contributed by atoms with E-state index in [-0.39, 0.29) is 0 Å². The fourth-order valence-electron chi connectivity index (χ4n) is 2.21. The van der Waals surface area contributed by atoms with Crippen LogP contribution in [-0.2, 0) is 6.54 Å². The zero-order valence-corrected chi connectivity index (χ0v) is 12.5. The van der Waals surface area contributed by atoms with E-state index in [1.54, 1.807) is 17.4 Å². The molecule has 0 saturated heterocycles. The van der Waals surface area contributed by atoms with Crippen molar-refractivity contribution in [1.29, 1.82) is 0 Å². The number of ether oxygens (including phenoxy) is 1. The van der Waals surface area contributed by atoms with Gasteiger partial charge in [-0.25, -0.2) is 0 Å². The third kappa shape index (κ3) is 3.26. The van der Waals surface area contributed by atoms with Crippen LogP contribution >= 0.6 is 11.3 Å². The summed E-state index contributed by atoms with van der Waals surface area (Å²) in [4.78, 5) is 0. The first kappa shape index (κ1) is 13.7. The highest BCUT2D eigenvalue weighted by atomic mass is 32.1. The van der Waals surface area contributed by atoms with Crippen molar-refractivity contribution in [3.63, 3.8) is 0 Å². The Kier molecular flexibility index (Phi) is 4.22. The van der Waals surface area contributed by atoms with E-state index < -0.39 is 0 Å². The van der Waals surface area contributed by atoms with Crippen molar-refractivity contribution in [1.82, 2.24) is 0 Å². The molecule has 1 aromatic heterocycles. The van der Waals surface area contributed by atoms with E-state index >= 15 is 0 Å². The predicted molar refractivity (Wildman–Crippen MR) is 91.3 cm³/mol. The summed E-state index contributed by atoms with van der Waals surface area (Å²) in [5.41, 5.74) is 2.27. The molecule has 106 valence electrons. The molecule has 0 aliphatic heterocycles. The van der Waals surface area contributed by atoms with Crippen LogP contribution in [-0.4, -0.2) is 6.61 Å². The number of benzene rings is 2. The molecule has 21 heavy (non-hydrogen) atoms. The first-order valence-corrected chi connectivity index (χ1v) is 7.77. The molecule has 0 radical (unpaired) electrons. The van der Waals surface area contributed by atoms with Gasteiger partial charge in [0, 0.05) is 22.5 Å². The Hall–Kier alpha value is -2.26. The number of para-hydroxylation sites is 1. The van der Waals surface area contributed by atoms with Crippen molar-refractivity contribution in [3.05, 3.63) is 72.1 Å². The lowest BCUT2D eigenvalue weighted by molar-refractivity contribution is 0.359. The second kappa shape index (κ2) is 6.46. The van der Waals surface area contributed by atoms with Crippen molar-refractivity contribution in [2.75, 3.05) is 11.9 Å². The minimum absolute atomic E-state index is 0.526. The maximum absolute atomic E-state index is 5.68. The molecule has 3 heteroatoms. The van der Waals surface area contributed by atoms with Crippen LogP contribution in [0, 0.1) is 0 Å². The number of fused-ring (bicyclic) bond motifs is 1. The average molecular weight is 295 g/mol. The normalized spacial score (nSPS) is 10.5. The maximum Gasteiger partial charge on any atom is 0.124 e. The molecule has 2 nitrogen and oxygen atoms in total. The summed E-state index contributed by atoms with van der Waals surface area (Å²) in [5, 5.41) is 6.86. The number of hydrogen-bond acceptors (Lipinski definition) is 3. The lowest BCUT2D eigenvalue weighted by Gasteiger charge is -2.12. The van der Waals surface area contributed by atoms with Crippen molar-refractivity contribution < 1.29 is 4.74 Å². The molecule has 0 spiro atoms. The SMILES string of the molecule is C=CCOc1ccccc1CNc1ccc2sccc2c1. The number of anilines is 1. The first-order valence-electron chi connectivity index (χ1n) is 6.89. The first-order chi connectivity index (χ1) is 10.4. The van der Waals surface area contributed by atoms with Crippen LogP contribution in [0.2, 0.25) is 0 Å². The Bertz CT molecular complexity index is 748. The molecule has 0 saturated carbocycles. The van der Waals surface area contributed by atoms with Gasteiger partial charge in [-0.2, -0.15) is 0 Å². The lowest BCUT2D eigenvalue weighted by atomic mass is 10.2. The highest BCUT2D eigenvalue weighted by Crippen LogP contribution is 2.25. The van der Waals surface area contributed by atoms with E-state index in [0.717, 1.165) is 23.5 Å². The van der Waals surface area contributed by atoms with Crippen LogP contribution in [0.1, 0.15) is 5.56 Å². The maximum atomic E-state index is 5.68. The fourth-order valence-corrected chi connectivity index (χ4v) is 2.98. The monoisotopic (exact) mass is 295 g/mol. The van der Waals surface area contributed by atoms with Crippen LogP contribution in [0.5, 0.6) is 5.75 Å². The summed E-state index contributed by atoms with van der Waals surface area (Å²) >= 11 is 1.76. The highest BCUT2D eigenvalue weighted by Gasteiger charge is 2.03. The molecule has 1 N–H and O–H groups in total. The van der Waals surface area contributed by atoms with E-state index in [9.17, 15) is 0 Å². The van der Waals surface area contributed by atoms with Gasteiger partial charge >= 0.3 is 0 Å². The molecule has 3 rings (SSSR count). The smallest absolute Gasteiger partial charge is 0.124 e. The lowest BCUT2D eigenvalue weighted by Crippen LogP contribution is -2.03. The van der Waals surface area contributed by atoms with Crippen LogP contribution in [0.3, 0.4) is 0 Å².